The van der Waals surface area contributed by atoms with Crippen LogP contribution in [0.3, 0.4) is 0 Å². The van der Waals surface area contributed by atoms with Crippen molar-refractivity contribution in [2.24, 2.45) is 0 Å². The van der Waals surface area contributed by atoms with E-state index < -0.39 is 11.9 Å². The van der Waals surface area contributed by atoms with Crippen molar-refractivity contribution in [1.29, 1.82) is 0 Å². The maximum absolute atomic E-state index is 12.9. The molecule has 3 rings (SSSR count). The molecule has 7 nitrogen and oxygen atoms in total. The zero-order valence-electron chi connectivity index (χ0n) is 16.9. The molecule has 29 heavy (non-hydrogen) atoms. The van der Waals surface area contributed by atoms with E-state index in [0.717, 1.165) is 32.1 Å². The van der Waals surface area contributed by atoms with Gasteiger partial charge in [0.2, 0.25) is 5.91 Å². The standard InChI is InChI=1S/C21H28N4O3S/c1-3-14(2)25-19(27)16-11-7-8-12-17(16)23-21(25)29-13-18(26)24-20(28)22-15-9-5-4-6-10-15/h7-8,11-12,14-15H,3-6,9-10,13H2,1-2H3,(H2,22,24,26,28). The van der Waals surface area contributed by atoms with Gasteiger partial charge in [-0.15, -0.1) is 0 Å². The predicted molar refractivity (Wildman–Crippen MR) is 115 cm³/mol. The Kier molecular flexibility index (Phi) is 7.30. The van der Waals surface area contributed by atoms with Gasteiger partial charge >= 0.3 is 6.03 Å². The lowest BCUT2D eigenvalue weighted by atomic mass is 9.96. The number of urea groups is 1. The first kappa shape index (κ1) is 21.4. The Morgan fingerprint density at radius 3 is 2.69 bits per heavy atom. The maximum atomic E-state index is 12.9. The smallest absolute Gasteiger partial charge is 0.321 e. The number of hydrogen-bond donors (Lipinski definition) is 2. The van der Waals surface area contributed by atoms with Crippen molar-refractivity contribution in [3.8, 4) is 0 Å². The summed E-state index contributed by atoms with van der Waals surface area (Å²) in [5, 5.41) is 6.31. The highest BCUT2D eigenvalue weighted by molar-refractivity contribution is 7.99. The molecule has 1 fully saturated rings. The Morgan fingerprint density at radius 1 is 1.24 bits per heavy atom. The zero-order chi connectivity index (χ0) is 20.8. The van der Waals surface area contributed by atoms with Gasteiger partial charge in [0.15, 0.2) is 5.16 Å². The van der Waals surface area contributed by atoms with Crippen molar-refractivity contribution in [2.75, 3.05) is 5.75 Å². The van der Waals surface area contributed by atoms with E-state index in [9.17, 15) is 14.4 Å². The molecule has 2 N–H and O–H groups in total. The van der Waals surface area contributed by atoms with Crippen molar-refractivity contribution in [1.82, 2.24) is 20.2 Å². The summed E-state index contributed by atoms with van der Waals surface area (Å²) >= 11 is 1.18. The summed E-state index contributed by atoms with van der Waals surface area (Å²) < 4.78 is 1.64. The molecule has 1 aromatic heterocycles. The minimum Gasteiger partial charge on any atom is -0.335 e. The number of amides is 3. The summed E-state index contributed by atoms with van der Waals surface area (Å²) in [6.07, 6.45) is 6.09. The molecule has 1 saturated carbocycles. The number of aromatic nitrogens is 2. The van der Waals surface area contributed by atoms with Crippen LogP contribution in [0.5, 0.6) is 0 Å². The van der Waals surface area contributed by atoms with Crippen LogP contribution in [-0.4, -0.2) is 33.3 Å². The molecular weight excluding hydrogens is 388 g/mol. The molecule has 1 heterocycles. The van der Waals surface area contributed by atoms with Crippen LogP contribution in [-0.2, 0) is 4.79 Å². The Morgan fingerprint density at radius 2 is 1.97 bits per heavy atom. The van der Waals surface area contributed by atoms with Crippen LogP contribution in [0.25, 0.3) is 10.9 Å². The van der Waals surface area contributed by atoms with Crippen molar-refractivity contribution < 1.29 is 9.59 Å². The quantitative estimate of drug-likeness (QED) is 0.554. The molecule has 8 heteroatoms. The molecule has 1 unspecified atom stereocenters. The van der Waals surface area contributed by atoms with Crippen LogP contribution in [0.2, 0.25) is 0 Å². The van der Waals surface area contributed by atoms with Crippen LogP contribution in [0.15, 0.2) is 34.2 Å². The lowest BCUT2D eigenvalue weighted by Crippen LogP contribution is -2.45. The van der Waals surface area contributed by atoms with E-state index in [-0.39, 0.29) is 23.4 Å². The van der Waals surface area contributed by atoms with Gasteiger partial charge in [-0.1, -0.05) is 50.1 Å². The lowest BCUT2D eigenvalue weighted by Gasteiger charge is -2.22. The number of fused-ring (bicyclic) bond motifs is 1. The van der Waals surface area contributed by atoms with Gasteiger partial charge in [0.25, 0.3) is 5.56 Å². The number of thioether (sulfide) groups is 1. The van der Waals surface area contributed by atoms with E-state index in [0.29, 0.717) is 16.1 Å². The van der Waals surface area contributed by atoms with Crippen molar-refractivity contribution >= 4 is 34.6 Å². The second-order valence-electron chi connectivity index (χ2n) is 7.49. The van der Waals surface area contributed by atoms with Crippen LogP contribution in [0.4, 0.5) is 4.79 Å². The molecule has 1 aliphatic rings. The molecule has 1 atom stereocenters. The number of carbonyl (C=O) groups is 2. The van der Waals surface area contributed by atoms with Gasteiger partial charge in [-0.05, 0) is 38.3 Å². The monoisotopic (exact) mass is 416 g/mol. The molecule has 0 aliphatic heterocycles. The van der Waals surface area contributed by atoms with Crippen LogP contribution in [0.1, 0.15) is 58.4 Å². The number of nitrogens with one attached hydrogen (secondary N) is 2. The number of imide groups is 1. The fourth-order valence-corrected chi connectivity index (χ4v) is 4.46. The second-order valence-corrected chi connectivity index (χ2v) is 8.43. The summed E-state index contributed by atoms with van der Waals surface area (Å²) in [5.74, 6) is -0.388. The lowest BCUT2D eigenvalue weighted by molar-refractivity contribution is -0.117. The van der Waals surface area contributed by atoms with E-state index in [2.05, 4.69) is 15.6 Å². The summed E-state index contributed by atoms with van der Waals surface area (Å²) in [5.41, 5.74) is 0.498. The molecule has 156 valence electrons. The maximum Gasteiger partial charge on any atom is 0.321 e. The van der Waals surface area contributed by atoms with Gasteiger partial charge < -0.3 is 5.32 Å². The van der Waals surface area contributed by atoms with Gasteiger partial charge in [-0.25, -0.2) is 9.78 Å². The van der Waals surface area contributed by atoms with Crippen LogP contribution >= 0.6 is 11.8 Å². The SMILES string of the molecule is CCC(C)n1c(SCC(=O)NC(=O)NC2CCCCC2)nc2ccccc2c1=O. The predicted octanol–water partition coefficient (Wildman–Crippen LogP) is 3.62. The fraction of sp³-hybridized carbons (Fsp3) is 0.524. The molecule has 0 spiro atoms. The zero-order valence-corrected chi connectivity index (χ0v) is 17.8. The highest BCUT2D eigenvalue weighted by atomic mass is 32.2. The molecule has 1 aliphatic carbocycles. The van der Waals surface area contributed by atoms with E-state index in [4.69, 9.17) is 0 Å². The van der Waals surface area contributed by atoms with Gasteiger partial charge in [0.1, 0.15) is 0 Å². The fourth-order valence-electron chi connectivity index (χ4n) is 3.56. The Hall–Kier alpha value is -2.35. The van der Waals surface area contributed by atoms with Gasteiger partial charge in [-0.3, -0.25) is 19.5 Å². The summed E-state index contributed by atoms with van der Waals surface area (Å²) in [7, 11) is 0. The third kappa shape index (κ3) is 5.38. The van der Waals surface area contributed by atoms with E-state index >= 15 is 0 Å². The minimum atomic E-state index is -0.451. The largest absolute Gasteiger partial charge is 0.335 e. The van der Waals surface area contributed by atoms with Crippen LogP contribution in [0, 0.1) is 0 Å². The number of nitrogens with zero attached hydrogens (tertiary/aromatic N) is 2. The second kappa shape index (κ2) is 9.91. The van der Waals surface area contributed by atoms with Gasteiger partial charge in [0, 0.05) is 12.1 Å². The highest BCUT2D eigenvalue weighted by Crippen LogP contribution is 2.22. The minimum absolute atomic E-state index is 0.0132. The normalized spacial score (nSPS) is 15.8. The number of carbonyl (C=O) groups excluding carboxylic acids is 2. The van der Waals surface area contributed by atoms with E-state index in [1.807, 2.05) is 26.0 Å². The Balaban J connectivity index is 1.68. The topological polar surface area (TPSA) is 93.1 Å². The van der Waals surface area contributed by atoms with E-state index in [1.54, 1.807) is 16.7 Å². The van der Waals surface area contributed by atoms with Crippen molar-refractivity contribution in [3.05, 3.63) is 34.6 Å². The third-order valence-corrected chi connectivity index (χ3v) is 6.29. The Labute approximate surface area is 174 Å². The summed E-state index contributed by atoms with van der Waals surface area (Å²) in [4.78, 5) is 41.9. The average Bonchev–Trinajstić information content (AvgIpc) is 2.72. The number of benzene rings is 1. The first-order chi connectivity index (χ1) is 14.0. The molecule has 0 bridgehead atoms. The number of rotatable bonds is 6. The molecule has 0 saturated heterocycles. The van der Waals surface area contributed by atoms with E-state index in [1.165, 1.54) is 18.2 Å². The summed E-state index contributed by atoms with van der Waals surface area (Å²) in [6, 6.07) is 6.85. The highest BCUT2D eigenvalue weighted by Gasteiger charge is 2.19. The first-order valence-corrected chi connectivity index (χ1v) is 11.2. The first-order valence-electron chi connectivity index (χ1n) is 10.2. The number of para-hydroxylation sites is 1. The van der Waals surface area contributed by atoms with Gasteiger partial charge in [-0.2, -0.15) is 0 Å². The number of hydrogen-bond acceptors (Lipinski definition) is 5. The summed E-state index contributed by atoms with van der Waals surface area (Å²) in [6.45, 7) is 3.96. The molecule has 3 amide bonds. The average molecular weight is 417 g/mol. The Bertz CT molecular complexity index is 937. The van der Waals surface area contributed by atoms with Crippen LogP contribution < -0.4 is 16.2 Å². The molecule has 0 radical (unpaired) electrons. The van der Waals surface area contributed by atoms with Crippen molar-refractivity contribution in [3.63, 3.8) is 0 Å². The molecule has 1 aromatic carbocycles. The molecular formula is C21H28N4O3S. The van der Waals surface area contributed by atoms with Gasteiger partial charge in [0.05, 0.1) is 16.7 Å². The van der Waals surface area contributed by atoms with Crippen molar-refractivity contribution in [2.45, 2.75) is 69.6 Å². The third-order valence-electron chi connectivity index (χ3n) is 5.33. The molecule has 2 aromatic rings.